The smallest absolute Gasteiger partial charge is 0.426 e. The van der Waals surface area contributed by atoms with E-state index in [0.717, 1.165) is 23.3 Å². The van der Waals surface area contributed by atoms with Crippen molar-refractivity contribution < 1.29 is 40.7 Å². The molecule has 1 aromatic carbocycles. The second kappa shape index (κ2) is 8.88. The van der Waals surface area contributed by atoms with E-state index < -0.39 is 52.5 Å². The molecule has 8 nitrogen and oxygen atoms in total. The Morgan fingerprint density at radius 2 is 1.53 bits per heavy atom. The van der Waals surface area contributed by atoms with E-state index in [4.69, 9.17) is 4.74 Å². The summed E-state index contributed by atoms with van der Waals surface area (Å²) in [6.45, 7) is 4.83. The molecule has 0 atom stereocenters. The number of halogens is 6. The minimum absolute atomic E-state index is 0.0115. The number of nitrogens with one attached hydrogen (secondary N) is 2. The Bertz CT molecular complexity index is 989. The standard InChI is InChI=1S/C18H17F6N5O3/c1-16(2,3)32-15(31)27-26-13(30)4-5-29-9-25-14(28-29)10-6-11(17(19,20)21)8-12(7-10)18(22,23)24/h4-9H,1-3H3,(H,26,30)(H,27,31). The molecule has 0 fully saturated rings. The topological polar surface area (TPSA) is 98.1 Å². The molecule has 0 saturated carbocycles. The van der Waals surface area contributed by atoms with Crippen LogP contribution in [0.2, 0.25) is 0 Å². The molecule has 0 aliphatic rings. The molecule has 0 unspecified atom stereocenters. The predicted molar refractivity (Wildman–Crippen MR) is 98.3 cm³/mol. The number of aromatic nitrogens is 3. The summed E-state index contributed by atoms with van der Waals surface area (Å²) in [5.74, 6) is -1.26. The lowest BCUT2D eigenvalue weighted by atomic mass is 10.0. The van der Waals surface area contributed by atoms with E-state index in [1.165, 1.54) is 0 Å². The van der Waals surface area contributed by atoms with Gasteiger partial charge in [0.25, 0.3) is 5.91 Å². The Morgan fingerprint density at radius 3 is 2.03 bits per heavy atom. The van der Waals surface area contributed by atoms with Crippen molar-refractivity contribution in [3.05, 3.63) is 41.7 Å². The number of carbonyl (C=O) groups is 2. The molecule has 0 radical (unpaired) electrons. The summed E-state index contributed by atoms with van der Waals surface area (Å²) in [5, 5.41) is 3.73. The molecule has 0 bridgehead atoms. The summed E-state index contributed by atoms with van der Waals surface area (Å²) in [7, 11) is 0. The van der Waals surface area contributed by atoms with Crippen molar-refractivity contribution in [1.29, 1.82) is 0 Å². The zero-order chi connectivity index (χ0) is 24.3. The van der Waals surface area contributed by atoms with Gasteiger partial charge in [0.2, 0.25) is 0 Å². The van der Waals surface area contributed by atoms with Gasteiger partial charge in [-0.15, -0.1) is 5.10 Å². The van der Waals surface area contributed by atoms with Gasteiger partial charge in [-0.2, -0.15) is 26.3 Å². The molecule has 0 aliphatic carbocycles. The minimum Gasteiger partial charge on any atom is -0.443 e. The Kier molecular flexibility index (Phi) is 6.85. The summed E-state index contributed by atoms with van der Waals surface area (Å²) in [4.78, 5) is 26.8. The van der Waals surface area contributed by atoms with Crippen molar-refractivity contribution in [2.45, 2.75) is 38.7 Å². The van der Waals surface area contributed by atoms with Gasteiger partial charge in [-0.05, 0) is 39.0 Å². The molecule has 0 spiro atoms. The van der Waals surface area contributed by atoms with Crippen LogP contribution in [0.1, 0.15) is 31.9 Å². The van der Waals surface area contributed by atoms with Gasteiger partial charge in [-0.1, -0.05) is 0 Å². The quantitative estimate of drug-likeness (QED) is 0.406. The number of hydrogen-bond donors (Lipinski definition) is 2. The van der Waals surface area contributed by atoms with Crippen molar-refractivity contribution in [2.75, 3.05) is 0 Å². The van der Waals surface area contributed by atoms with Gasteiger partial charge in [0.1, 0.15) is 11.9 Å². The molecule has 32 heavy (non-hydrogen) atoms. The lowest BCUT2D eigenvalue weighted by Gasteiger charge is -2.19. The van der Waals surface area contributed by atoms with Crippen LogP contribution in [0.25, 0.3) is 17.6 Å². The number of hydrogen-bond acceptors (Lipinski definition) is 5. The van der Waals surface area contributed by atoms with Crippen LogP contribution in [0.4, 0.5) is 31.1 Å². The third-order valence-corrected chi connectivity index (χ3v) is 3.42. The maximum absolute atomic E-state index is 13.0. The Hall–Kier alpha value is -3.58. The van der Waals surface area contributed by atoms with Gasteiger partial charge in [-0.3, -0.25) is 10.2 Å². The zero-order valence-corrected chi connectivity index (χ0v) is 16.8. The monoisotopic (exact) mass is 465 g/mol. The molecule has 0 saturated heterocycles. The SMILES string of the molecule is CC(C)(C)OC(=O)NNC(=O)C=Cn1cnc(-c2cc(C(F)(F)F)cc(C(F)(F)F)c2)n1. The van der Waals surface area contributed by atoms with E-state index in [-0.39, 0.29) is 6.07 Å². The van der Waals surface area contributed by atoms with Crippen molar-refractivity contribution in [1.82, 2.24) is 25.6 Å². The van der Waals surface area contributed by atoms with Crippen LogP contribution in [0.5, 0.6) is 0 Å². The minimum atomic E-state index is -5.02. The van der Waals surface area contributed by atoms with E-state index >= 15 is 0 Å². The molecule has 1 heterocycles. The third kappa shape index (κ3) is 7.28. The number of amides is 2. The Balaban J connectivity index is 2.15. The number of nitrogens with zero attached hydrogens (tertiary/aromatic N) is 3. The summed E-state index contributed by atoms with van der Waals surface area (Å²) >= 11 is 0. The number of rotatable bonds is 3. The van der Waals surface area contributed by atoms with Gasteiger partial charge in [0.05, 0.1) is 11.1 Å². The highest BCUT2D eigenvalue weighted by molar-refractivity contribution is 5.91. The molecule has 2 N–H and O–H groups in total. The lowest BCUT2D eigenvalue weighted by Crippen LogP contribution is -2.43. The fraction of sp³-hybridized carbons (Fsp3) is 0.333. The van der Waals surface area contributed by atoms with Crippen molar-refractivity contribution >= 4 is 18.2 Å². The highest BCUT2D eigenvalue weighted by atomic mass is 19.4. The van der Waals surface area contributed by atoms with Gasteiger partial charge in [0.15, 0.2) is 5.82 Å². The lowest BCUT2D eigenvalue weighted by molar-refractivity contribution is -0.143. The second-order valence-corrected chi connectivity index (χ2v) is 7.27. The maximum Gasteiger partial charge on any atom is 0.426 e. The predicted octanol–water partition coefficient (Wildman–Crippen LogP) is 4.01. The molecule has 0 aliphatic heterocycles. The molecule has 1 aromatic heterocycles. The Labute approximate surface area is 177 Å². The first-order valence-corrected chi connectivity index (χ1v) is 8.73. The average Bonchev–Trinajstić information content (AvgIpc) is 3.10. The number of alkyl halides is 6. The number of ether oxygens (including phenoxy) is 1. The molecule has 2 aromatic rings. The van der Waals surface area contributed by atoms with Crippen LogP contribution in [0.15, 0.2) is 30.6 Å². The van der Waals surface area contributed by atoms with Crippen LogP contribution in [-0.2, 0) is 21.9 Å². The maximum atomic E-state index is 13.0. The van der Waals surface area contributed by atoms with Crippen molar-refractivity contribution in [2.24, 2.45) is 0 Å². The summed E-state index contributed by atoms with van der Waals surface area (Å²) in [5.41, 5.74) is -0.360. The van der Waals surface area contributed by atoms with Crippen LogP contribution in [0, 0.1) is 0 Å². The summed E-state index contributed by atoms with van der Waals surface area (Å²) in [6, 6.07) is 0.953. The Morgan fingerprint density at radius 1 is 0.969 bits per heavy atom. The van der Waals surface area contributed by atoms with Gasteiger partial charge >= 0.3 is 18.4 Å². The van der Waals surface area contributed by atoms with Crippen LogP contribution in [-0.4, -0.2) is 32.4 Å². The van der Waals surface area contributed by atoms with E-state index in [1.54, 1.807) is 20.8 Å². The second-order valence-electron chi connectivity index (χ2n) is 7.27. The first-order chi connectivity index (χ1) is 14.5. The van der Waals surface area contributed by atoms with E-state index in [2.05, 4.69) is 10.1 Å². The number of carbonyl (C=O) groups excluding carboxylic acids is 2. The van der Waals surface area contributed by atoms with E-state index in [0.29, 0.717) is 12.1 Å². The van der Waals surface area contributed by atoms with Gasteiger partial charge in [-0.25, -0.2) is 19.9 Å². The first-order valence-electron chi connectivity index (χ1n) is 8.73. The highest BCUT2D eigenvalue weighted by Gasteiger charge is 2.37. The first kappa shape index (κ1) is 24.7. The van der Waals surface area contributed by atoms with Crippen molar-refractivity contribution in [3.63, 3.8) is 0 Å². The summed E-state index contributed by atoms with van der Waals surface area (Å²) < 4.78 is 83.7. The normalized spacial score (nSPS) is 12.7. The molecular weight excluding hydrogens is 448 g/mol. The fourth-order valence-electron chi connectivity index (χ4n) is 2.16. The molecule has 14 heteroatoms. The van der Waals surface area contributed by atoms with E-state index in [9.17, 15) is 35.9 Å². The molecular formula is C18H17F6N5O3. The average molecular weight is 465 g/mol. The number of benzene rings is 1. The van der Waals surface area contributed by atoms with Crippen LogP contribution < -0.4 is 10.9 Å². The van der Waals surface area contributed by atoms with E-state index in [1.807, 2.05) is 10.9 Å². The highest BCUT2D eigenvalue weighted by Crippen LogP contribution is 2.38. The molecule has 174 valence electrons. The van der Waals surface area contributed by atoms with Crippen LogP contribution >= 0.6 is 0 Å². The third-order valence-electron chi connectivity index (χ3n) is 3.42. The largest absolute Gasteiger partial charge is 0.443 e. The van der Waals surface area contributed by atoms with Gasteiger partial charge in [0, 0.05) is 17.8 Å². The number of hydrazine groups is 1. The van der Waals surface area contributed by atoms with Crippen LogP contribution in [0.3, 0.4) is 0 Å². The molecule has 2 amide bonds. The fourth-order valence-corrected chi connectivity index (χ4v) is 2.16. The zero-order valence-electron chi connectivity index (χ0n) is 16.8. The van der Waals surface area contributed by atoms with Gasteiger partial charge < -0.3 is 4.74 Å². The summed E-state index contributed by atoms with van der Waals surface area (Å²) in [6.07, 6.45) is -8.10. The molecule has 2 rings (SSSR count). The van der Waals surface area contributed by atoms with Crippen molar-refractivity contribution in [3.8, 4) is 11.4 Å².